The fourth-order valence-corrected chi connectivity index (χ4v) is 2.01. The Morgan fingerprint density at radius 3 is 2.48 bits per heavy atom. The number of carbonyl (C=O) groups excluding carboxylic acids is 1. The second-order valence-corrected chi connectivity index (χ2v) is 5.31. The van der Waals surface area contributed by atoms with Gasteiger partial charge >= 0.3 is 5.97 Å². The first-order valence-corrected chi connectivity index (χ1v) is 7.08. The molecule has 0 spiro atoms. The van der Waals surface area contributed by atoms with Crippen LogP contribution in [-0.4, -0.2) is 40.7 Å². The summed E-state index contributed by atoms with van der Waals surface area (Å²) in [6, 6.07) is 5.86. The number of hydrogen-bond acceptors (Lipinski definition) is 4. The van der Waals surface area contributed by atoms with Crippen molar-refractivity contribution in [1.29, 1.82) is 0 Å². The molecule has 1 aromatic rings. The normalized spacial score (nSPS) is 15.4. The third kappa shape index (κ3) is 5.43. The molecule has 1 aliphatic carbocycles. The first-order chi connectivity index (χ1) is 10.0. The van der Waals surface area contributed by atoms with E-state index in [0.717, 1.165) is 18.4 Å². The maximum atomic E-state index is 11.7. The van der Waals surface area contributed by atoms with Gasteiger partial charge in [0.15, 0.2) is 0 Å². The fraction of sp³-hybridized carbons (Fsp3) is 0.467. The number of hydrogen-bond donors (Lipinski definition) is 4. The number of aromatic hydroxyl groups is 1. The highest BCUT2D eigenvalue weighted by Gasteiger charge is 2.22. The number of aliphatic carboxylic acids is 1. The smallest absolute Gasteiger partial charge is 0.326 e. The number of carboxylic acid groups (broad SMARTS) is 1. The van der Waals surface area contributed by atoms with Gasteiger partial charge in [-0.15, -0.1) is 0 Å². The molecule has 1 fully saturated rings. The van der Waals surface area contributed by atoms with Crippen LogP contribution in [0, 0.1) is 0 Å². The number of phenols is 1. The zero-order chi connectivity index (χ0) is 15.2. The lowest BCUT2D eigenvalue weighted by Gasteiger charge is -2.15. The van der Waals surface area contributed by atoms with Crippen LogP contribution in [0.2, 0.25) is 0 Å². The third-order valence-corrected chi connectivity index (χ3v) is 3.37. The molecule has 0 radical (unpaired) electrons. The van der Waals surface area contributed by atoms with Gasteiger partial charge < -0.3 is 20.8 Å². The van der Waals surface area contributed by atoms with E-state index >= 15 is 0 Å². The highest BCUT2D eigenvalue weighted by atomic mass is 16.4. The van der Waals surface area contributed by atoms with Crippen LogP contribution in [0.1, 0.15) is 24.8 Å². The molecule has 0 bridgehead atoms. The third-order valence-electron chi connectivity index (χ3n) is 3.37. The second kappa shape index (κ2) is 7.08. The van der Waals surface area contributed by atoms with Crippen molar-refractivity contribution in [3.05, 3.63) is 29.8 Å². The average Bonchev–Trinajstić information content (AvgIpc) is 3.24. The van der Waals surface area contributed by atoms with Crippen molar-refractivity contribution in [2.24, 2.45) is 0 Å². The molecule has 6 nitrogen and oxygen atoms in total. The lowest BCUT2D eigenvalue weighted by atomic mass is 10.1. The van der Waals surface area contributed by atoms with Crippen LogP contribution in [0.25, 0.3) is 0 Å². The van der Waals surface area contributed by atoms with E-state index in [1.165, 1.54) is 12.1 Å². The molecule has 4 N–H and O–H groups in total. The number of rotatable bonds is 8. The molecule has 114 valence electrons. The predicted octanol–water partition coefficient (Wildman–Crippen LogP) is 0.646. The van der Waals surface area contributed by atoms with Crippen molar-refractivity contribution in [2.75, 3.05) is 6.54 Å². The van der Waals surface area contributed by atoms with Crippen LogP contribution < -0.4 is 10.6 Å². The molecule has 1 unspecified atom stereocenters. The van der Waals surface area contributed by atoms with Crippen molar-refractivity contribution in [2.45, 2.75) is 37.8 Å². The summed E-state index contributed by atoms with van der Waals surface area (Å²) in [6.45, 7) is 0.571. The summed E-state index contributed by atoms with van der Waals surface area (Å²) in [6.07, 6.45) is 2.77. The van der Waals surface area contributed by atoms with E-state index in [9.17, 15) is 19.8 Å². The Bertz CT molecular complexity index is 497. The van der Waals surface area contributed by atoms with E-state index in [1.54, 1.807) is 12.1 Å². The minimum absolute atomic E-state index is 0.126. The molecule has 1 aliphatic rings. The van der Waals surface area contributed by atoms with Gasteiger partial charge in [0.1, 0.15) is 11.8 Å². The number of amides is 1. The van der Waals surface area contributed by atoms with E-state index < -0.39 is 12.0 Å². The Kier molecular flexibility index (Phi) is 5.16. The van der Waals surface area contributed by atoms with E-state index in [1.807, 2.05) is 0 Å². The Hall–Kier alpha value is -2.08. The molecule has 6 heteroatoms. The standard InChI is InChI=1S/C15H20N2O4/c18-12-5-1-10(2-6-12)9-13(15(20)21)17-14(19)7-8-16-11-3-4-11/h1-2,5-6,11,13,16,18H,3-4,7-9H2,(H,17,19)(H,20,21). The van der Waals surface area contributed by atoms with Crippen LogP contribution in [0.15, 0.2) is 24.3 Å². The molecule has 0 aromatic heterocycles. The zero-order valence-corrected chi connectivity index (χ0v) is 11.7. The minimum Gasteiger partial charge on any atom is -0.508 e. The first kappa shape index (κ1) is 15.3. The van der Waals surface area contributed by atoms with E-state index in [2.05, 4.69) is 10.6 Å². The monoisotopic (exact) mass is 292 g/mol. The number of benzene rings is 1. The number of nitrogens with one attached hydrogen (secondary N) is 2. The van der Waals surface area contributed by atoms with Crippen LogP contribution in [0.4, 0.5) is 0 Å². The highest BCUT2D eigenvalue weighted by Crippen LogP contribution is 2.18. The van der Waals surface area contributed by atoms with Crippen LogP contribution >= 0.6 is 0 Å². The zero-order valence-electron chi connectivity index (χ0n) is 11.7. The van der Waals surface area contributed by atoms with E-state index in [-0.39, 0.29) is 24.5 Å². The van der Waals surface area contributed by atoms with E-state index in [0.29, 0.717) is 12.6 Å². The molecule has 1 saturated carbocycles. The molecule has 2 rings (SSSR count). The van der Waals surface area contributed by atoms with Crippen molar-refractivity contribution < 1.29 is 19.8 Å². The molecule has 1 amide bonds. The largest absolute Gasteiger partial charge is 0.508 e. The summed E-state index contributed by atoms with van der Waals surface area (Å²) in [5.41, 5.74) is 0.747. The van der Waals surface area contributed by atoms with Gasteiger partial charge in [0.05, 0.1) is 0 Å². The fourth-order valence-electron chi connectivity index (χ4n) is 2.01. The van der Waals surface area contributed by atoms with Gasteiger partial charge in [0.2, 0.25) is 5.91 Å². The molecule has 0 saturated heterocycles. The Balaban J connectivity index is 1.81. The van der Waals surface area contributed by atoms with Gasteiger partial charge in [-0.05, 0) is 30.5 Å². The van der Waals surface area contributed by atoms with Crippen LogP contribution in [0.5, 0.6) is 5.75 Å². The quantitative estimate of drug-likeness (QED) is 0.564. The number of phenolic OH excluding ortho intramolecular Hbond substituents is 1. The summed E-state index contributed by atoms with van der Waals surface area (Å²) in [5.74, 6) is -1.21. The Labute approximate surface area is 123 Å². The lowest BCUT2D eigenvalue weighted by molar-refractivity contribution is -0.141. The van der Waals surface area contributed by atoms with Gasteiger partial charge in [0.25, 0.3) is 0 Å². The summed E-state index contributed by atoms with van der Waals surface area (Å²) < 4.78 is 0. The first-order valence-electron chi connectivity index (χ1n) is 7.08. The van der Waals surface area contributed by atoms with Crippen LogP contribution in [0.3, 0.4) is 0 Å². The van der Waals surface area contributed by atoms with Crippen molar-refractivity contribution in [1.82, 2.24) is 10.6 Å². The van der Waals surface area contributed by atoms with Gasteiger partial charge in [-0.3, -0.25) is 4.79 Å². The van der Waals surface area contributed by atoms with Gasteiger partial charge in [-0.25, -0.2) is 4.79 Å². The molecule has 21 heavy (non-hydrogen) atoms. The molecular formula is C15H20N2O4. The maximum absolute atomic E-state index is 11.7. The molecule has 1 aromatic carbocycles. The van der Waals surface area contributed by atoms with Gasteiger partial charge in [-0.2, -0.15) is 0 Å². The molecule has 0 heterocycles. The maximum Gasteiger partial charge on any atom is 0.326 e. The van der Waals surface area contributed by atoms with Crippen LogP contribution in [-0.2, 0) is 16.0 Å². The summed E-state index contributed by atoms with van der Waals surface area (Å²) in [7, 11) is 0. The Morgan fingerprint density at radius 2 is 1.90 bits per heavy atom. The van der Waals surface area contributed by atoms with Gasteiger partial charge in [0, 0.05) is 25.4 Å². The highest BCUT2D eigenvalue weighted by molar-refractivity contribution is 5.83. The van der Waals surface area contributed by atoms with Crippen molar-refractivity contribution >= 4 is 11.9 Å². The predicted molar refractivity (Wildman–Crippen MR) is 77.0 cm³/mol. The Morgan fingerprint density at radius 1 is 1.24 bits per heavy atom. The van der Waals surface area contributed by atoms with Crippen molar-refractivity contribution in [3.8, 4) is 5.75 Å². The van der Waals surface area contributed by atoms with Crippen molar-refractivity contribution in [3.63, 3.8) is 0 Å². The average molecular weight is 292 g/mol. The number of carbonyl (C=O) groups is 2. The summed E-state index contributed by atoms with van der Waals surface area (Å²) in [4.78, 5) is 23.0. The SMILES string of the molecule is O=C(CCNC1CC1)NC(Cc1ccc(O)cc1)C(=O)O. The molecule has 0 aliphatic heterocycles. The number of carboxylic acids is 1. The molecule has 1 atom stereocenters. The minimum atomic E-state index is -1.06. The summed E-state index contributed by atoms with van der Waals surface area (Å²) >= 11 is 0. The van der Waals surface area contributed by atoms with E-state index in [4.69, 9.17) is 0 Å². The second-order valence-electron chi connectivity index (χ2n) is 5.31. The lowest BCUT2D eigenvalue weighted by Crippen LogP contribution is -2.43. The molecular weight excluding hydrogens is 272 g/mol. The topological polar surface area (TPSA) is 98.7 Å². The van der Waals surface area contributed by atoms with Gasteiger partial charge in [-0.1, -0.05) is 12.1 Å². The summed E-state index contributed by atoms with van der Waals surface area (Å²) in [5, 5.41) is 24.1.